The normalized spacial score (nSPS) is 20.9. The highest BCUT2D eigenvalue weighted by atomic mass is 16.2. The highest BCUT2D eigenvalue weighted by Crippen LogP contribution is 2.08. The van der Waals surface area contributed by atoms with Gasteiger partial charge in [-0.3, -0.25) is 4.79 Å². The zero-order chi connectivity index (χ0) is 10.7. The van der Waals surface area contributed by atoms with E-state index >= 15 is 0 Å². The second-order valence-corrected chi connectivity index (χ2v) is 3.62. The van der Waals surface area contributed by atoms with Gasteiger partial charge >= 0.3 is 0 Å². The van der Waals surface area contributed by atoms with Gasteiger partial charge in [-0.05, 0) is 23.9 Å². The molecular formula is C8H14N6O. The topological polar surface area (TPSA) is 75.9 Å². The molecule has 1 aliphatic heterocycles. The summed E-state index contributed by atoms with van der Waals surface area (Å²) >= 11 is 0. The van der Waals surface area contributed by atoms with Gasteiger partial charge in [0.25, 0.3) is 0 Å². The van der Waals surface area contributed by atoms with Crippen molar-refractivity contribution < 1.29 is 4.79 Å². The summed E-state index contributed by atoms with van der Waals surface area (Å²) in [7, 11) is 1.92. The number of aromatic nitrogens is 4. The molecule has 0 radical (unpaired) electrons. The quantitative estimate of drug-likeness (QED) is 0.656. The molecule has 0 aliphatic carbocycles. The lowest BCUT2D eigenvalue weighted by molar-refractivity contribution is -0.131. The monoisotopic (exact) mass is 210 g/mol. The molecule has 0 bridgehead atoms. The van der Waals surface area contributed by atoms with Crippen molar-refractivity contribution in [1.82, 2.24) is 30.4 Å². The molecule has 7 nitrogen and oxygen atoms in total. The molecule has 0 saturated carbocycles. The largest absolute Gasteiger partial charge is 0.339 e. The molecule has 1 aromatic heterocycles. The predicted octanol–water partition coefficient (Wildman–Crippen LogP) is -1.51. The average molecular weight is 210 g/mol. The van der Waals surface area contributed by atoms with Crippen molar-refractivity contribution >= 4 is 5.91 Å². The number of carbonyl (C=O) groups is 1. The van der Waals surface area contributed by atoms with Crippen LogP contribution in [0.3, 0.4) is 0 Å². The zero-order valence-corrected chi connectivity index (χ0v) is 8.63. The first kappa shape index (κ1) is 10.0. The average Bonchev–Trinajstić information content (AvgIpc) is 2.86. The van der Waals surface area contributed by atoms with Gasteiger partial charge in [-0.2, -0.15) is 0 Å². The fourth-order valence-corrected chi connectivity index (χ4v) is 1.71. The van der Waals surface area contributed by atoms with E-state index in [1.54, 1.807) is 0 Å². The number of amides is 1. The molecule has 1 amide bonds. The first-order valence-corrected chi connectivity index (χ1v) is 4.95. The van der Waals surface area contributed by atoms with Gasteiger partial charge in [0.05, 0.1) is 0 Å². The highest BCUT2D eigenvalue weighted by molar-refractivity contribution is 5.76. The fourth-order valence-electron chi connectivity index (χ4n) is 1.71. The summed E-state index contributed by atoms with van der Waals surface area (Å²) in [5.41, 5.74) is 0. The maximum Gasteiger partial charge on any atom is 0.244 e. The van der Waals surface area contributed by atoms with Gasteiger partial charge in [0.1, 0.15) is 12.9 Å². The van der Waals surface area contributed by atoms with Crippen molar-refractivity contribution in [2.75, 3.05) is 20.1 Å². The van der Waals surface area contributed by atoms with Gasteiger partial charge in [0.2, 0.25) is 5.91 Å². The van der Waals surface area contributed by atoms with E-state index in [0.29, 0.717) is 6.04 Å². The smallest absolute Gasteiger partial charge is 0.244 e. The van der Waals surface area contributed by atoms with E-state index in [4.69, 9.17) is 0 Å². The molecule has 1 aromatic rings. The molecule has 0 spiro atoms. The van der Waals surface area contributed by atoms with Crippen molar-refractivity contribution in [1.29, 1.82) is 0 Å². The van der Waals surface area contributed by atoms with Crippen LogP contribution in [0.4, 0.5) is 0 Å². The SMILES string of the molecule is CNC1CCN(C(=O)Cn2cnnn2)C1. The Balaban J connectivity index is 1.87. The van der Waals surface area contributed by atoms with Gasteiger partial charge in [0.15, 0.2) is 0 Å². The van der Waals surface area contributed by atoms with Crippen LogP contribution in [-0.4, -0.2) is 57.2 Å². The Labute approximate surface area is 87.4 Å². The summed E-state index contributed by atoms with van der Waals surface area (Å²) in [6.07, 6.45) is 2.46. The summed E-state index contributed by atoms with van der Waals surface area (Å²) in [5.74, 6) is 0.0695. The van der Waals surface area contributed by atoms with Gasteiger partial charge < -0.3 is 10.2 Å². The van der Waals surface area contributed by atoms with Crippen LogP contribution in [0.15, 0.2) is 6.33 Å². The van der Waals surface area contributed by atoms with Crippen molar-refractivity contribution in [2.45, 2.75) is 19.0 Å². The molecule has 1 unspecified atom stereocenters. The van der Waals surface area contributed by atoms with E-state index in [1.807, 2.05) is 11.9 Å². The second-order valence-electron chi connectivity index (χ2n) is 3.62. The molecule has 0 aromatic carbocycles. The first-order chi connectivity index (χ1) is 7.29. The summed E-state index contributed by atoms with van der Waals surface area (Å²) in [6, 6.07) is 0.419. The number of hydrogen-bond donors (Lipinski definition) is 1. The number of carbonyl (C=O) groups excluding carboxylic acids is 1. The number of hydrogen-bond acceptors (Lipinski definition) is 5. The Kier molecular flexibility index (Phi) is 2.91. The Hall–Kier alpha value is -1.50. The van der Waals surface area contributed by atoms with E-state index in [9.17, 15) is 4.79 Å². The minimum Gasteiger partial charge on any atom is -0.339 e. The van der Waals surface area contributed by atoms with Crippen LogP contribution >= 0.6 is 0 Å². The summed E-state index contributed by atoms with van der Waals surface area (Å²) < 4.78 is 1.44. The van der Waals surface area contributed by atoms with E-state index < -0.39 is 0 Å². The predicted molar refractivity (Wildman–Crippen MR) is 51.9 cm³/mol. The number of rotatable bonds is 3. The van der Waals surface area contributed by atoms with Crippen LogP contribution in [0.25, 0.3) is 0 Å². The maximum atomic E-state index is 11.8. The minimum atomic E-state index is 0.0695. The Morgan fingerprint density at radius 2 is 2.53 bits per heavy atom. The van der Waals surface area contributed by atoms with Crippen molar-refractivity contribution in [2.24, 2.45) is 0 Å². The number of likely N-dealkylation sites (tertiary alicyclic amines) is 1. The lowest BCUT2D eigenvalue weighted by atomic mass is 10.3. The van der Waals surface area contributed by atoms with E-state index in [-0.39, 0.29) is 12.5 Å². The lowest BCUT2D eigenvalue weighted by Crippen LogP contribution is -2.35. The number of likely N-dealkylation sites (N-methyl/N-ethyl adjacent to an activating group) is 1. The number of tetrazole rings is 1. The molecular weight excluding hydrogens is 196 g/mol. The van der Waals surface area contributed by atoms with E-state index in [1.165, 1.54) is 11.0 Å². The van der Waals surface area contributed by atoms with Gasteiger partial charge in [-0.25, -0.2) is 4.68 Å². The van der Waals surface area contributed by atoms with Crippen LogP contribution < -0.4 is 5.32 Å². The Bertz CT molecular complexity index is 324. The van der Waals surface area contributed by atoms with Crippen molar-refractivity contribution in [3.8, 4) is 0 Å². The van der Waals surface area contributed by atoms with E-state index in [0.717, 1.165) is 19.5 Å². The summed E-state index contributed by atoms with van der Waals surface area (Å²) in [4.78, 5) is 13.6. The van der Waals surface area contributed by atoms with E-state index in [2.05, 4.69) is 20.8 Å². The van der Waals surface area contributed by atoms with Gasteiger partial charge in [-0.1, -0.05) is 0 Å². The third-order valence-electron chi connectivity index (χ3n) is 2.64. The third kappa shape index (κ3) is 2.30. The molecule has 1 saturated heterocycles. The minimum absolute atomic E-state index is 0.0695. The van der Waals surface area contributed by atoms with Crippen LogP contribution in [0, 0.1) is 0 Å². The first-order valence-electron chi connectivity index (χ1n) is 4.95. The van der Waals surface area contributed by atoms with Crippen LogP contribution in [0.1, 0.15) is 6.42 Å². The number of nitrogens with zero attached hydrogens (tertiary/aromatic N) is 5. The molecule has 1 fully saturated rings. The summed E-state index contributed by atoms with van der Waals surface area (Å²) in [6.45, 7) is 1.81. The number of nitrogens with one attached hydrogen (secondary N) is 1. The molecule has 1 N–H and O–H groups in total. The molecule has 7 heteroatoms. The van der Waals surface area contributed by atoms with Crippen molar-refractivity contribution in [3.63, 3.8) is 0 Å². The van der Waals surface area contributed by atoms with Crippen LogP contribution in [0.5, 0.6) is 0 Å². The molecule has 82 valence electrons. The molecule has 2 rings (SSSR count). The third-order valence-corrected chi connectivity index (χ3v) is 2.64. The maximum absolute atomic E-state index is 11.8. The molecule has 2 heterocycles. The lowest BCUT2D eigenvalue weighted by Gasteiger charge is -2.15. The Morgan fingerprint density at radius 1 is 1.67 bits per heavy atom. The standard InChI is InChI=1S/C8H14N6O/c1-9-7-2-3-13(4-7)8(15)5-14-6-10-11-12-14/h6-7,9H,2-5H2,1H3. The second kappa shape index (κ2) is 4.35. The Morgan fingerprint density at radius 3 is 3.13 bits per heavy atom. The van der Waals surface area contributed by atoms with Gasteiger partial charge in [0, 0.05) is 19.1 Å². The molecule has 1 atom stereocenters. The fraction of sp³-hybridized carbons (Fsp3) is 0.750. The van der Waals surface area contributed by atoms with Crippen LogP contribution in [0.2, 0.25) is 0 Å². The molecule has 1 aliphatic rings. The zero-order valence-electron chi connectivity index (χ0n) is 8.63. The van der Waals surface area contributed by atoms with Crippen LogP contribution in [-0.2, 0) is 11.3 Å². The van der Waals surface area contributed by atoms with Gasteiger partial charge in [-0.15, -0.1) is 5.10 Å². The van der Waals surface area contributed by atoms with Crippen molar-refractivity contribution in [3.05, 3.63) is 6.33 Å². The highest BCUT2D eigenvalue weighted by Gasteiger charge is 2.24. The molecule has 15 heavy (non-hydrogen) atoms. The summed E-state index contributed by atoms with van der Waals surface area (Å²) in [5, 5.41) is 13.8.